The molecule has 0 unspecified atom stereocenters. The average Bonchev–Trinajstić information content (AvgIpc) is 2.94. The smallest absolute Gasteiger partial charge is 0.341 e. The van der Waals surface area contributed by atoms with Gasteiger partial charge in [-0.05, 0) is 53.4 Å². The van der Waals surface area contributed by atoms with Crippen LogP contribution < -0.4 is 14.2 Å². The number of ether oxygens (including phenoxy) is 5. The minimum Gasteiger partial charge on any atom is -0.493 e. The van der Waals surface area contributed by atoms with Crippen LogP contribution in [0.4, 0.5) is 0 Å². The Morgan fingerprint density at radius 3 is 1.67 bits per heavy atom. The Labute approximate surface area is 229 Å². The van der Waals surface area contributed by atoms with E-state index in [0.717, 1.165) is 40.8 Å². The van der Waals surface area contributed by atoms with Crippen molar-refractivity contribution in [2.24, 2.45) is 0 Å². The highest BCUT2D eigenvalue weighted by molar-refractivity contribution is 5.90. The lowest BCUT2D eigenvalue weighted by molar-refractivity contribution is -0.131. The van der Waals surface area contributed by atoms with Gasteiger partial charge in [-0.3, -0.25) is 0 Å². The van der Waals surface area contributed by atoms with Crippen LogP contribution >= 0.6 is 0 Å². The molecule has 0 aliphatic carbocycles. The van der Waals surface area contributed by atoms with Gasteiger partial charge in [-0.25, -0.2) is 9.59 Å². The van der Waals surface area contributed by atoms with Gasteiger partial charge in [0.05, 0.1) is 31.0 Å². The average molecular weight is 531 g/mol. The molecule has 39 heavy (non-hydrogen) atoms. The third-order valence-corrected chi connectivity index (χ3v) is 5.73. The van der Waals surface area contributed by atoms with Gasteiger partial charge in [-0.2, -0.15) is 0 Å². The fourth-order valence-corrected chi connectivity index (χ4v) is 3.63. The van der Waals surface area contributed by atoms with Crippen molar-refractivity contribution in [1.29, 1.82) is 0 Å². The third-order valence-electron chi connectivity index (χ3n) is 5.73. The molecule has 204 valence electrons. The summed E-state index contributed by atoms with van der Waals surface area (Å²) in [5.74, 6) is 0.520. The second-order valence-electron chi connectivity index (χ2n) is 8.81. The number of carbonyl (C=O) groups excluding carboxylic acids is 2. The van der Waals surface area contributed by atoms with Crippen molar-refractivity contribution in [2.75, 3.05) is 34.0 Å². The normalized spacial score (nSPS) is 10.5. The molecule has 0 aliphatic rings. The number of hydrogen-bond donors (Lipinski definition) is 0. The zero-order valence-electron chi connectivity index (χ0n) is 22.7. The van der Waals surface area contributed by atoms with E-state index in [2.05, 4.69) is 20.1 Å². The van der Waals surface area contributed by atoms with Crippen LogP contribution in [0.25, 0.3) is 22.3 Å². The van der Waals surface area contributed by atoms with Crippen molar-refractivity contribution in [2.45, 2.75) is 19.8 Å². The number of esters is 2. The van der Waals surface area contributed by atoms with E-state index in [9.17, 15) is 9.59 Å². The van der Waals surface area contributed by atoms with Crippen molar-refractivity contribution in [3.63, 3.8) is 0 Å². The first-order valence-corrected chi connectivity index (χ1v) is 12.6. The molecule has 3 rings (SSSR count). The summed E-state index contributed by atoms with van der Waals surface area (Å²) in [6, 6.07) is 20.5. The summed E-state index contributed by atoms with van der Waals surface area (Å²) >= 11 is 0. The van der Waals surface area contributed by atoms with Crippen molar-refractivity contribution >= 4 is 11.9 Å². The molecule has 0 radical (unpaired) electrons. The van der Waals surface area contributed by atoms with Crippen LogP contribution in [0.1, 0.15) is 19.8 Å². The molecular weight excluding hydrogens is 496 g/mol. The highest BCUT2D eigenvalue weighted by Crippen LogP contribution is 2.36. The van der Waals surface area contributed by atoms with E-state index in [4.69, 9.17) is 23.7 Å². The first-order chi connectivity index (χ1) is 18.9. The third kappa shape index (κ3) is 8.40. The van der Waals surface area contributed by atoms with Crippen molar-refractivity contribution in [3.05, 3.63) is 91.0 Å². The Bertz CT molecular complexity index is 1290. The van der Waals surface area contributed by atoms with Crippen LogP contribution in [-0.2, 0) is 19.1 Å². The van der Waals surface area contributed by atoms with E-state index in [1.54, 1.807) is 24.3 Å². The summed E-state index contributed by atoms with van der Waals surface area (Å²) in [6.07, 6.45) is 1.94. The van der Waals surface area contributed by atoms with Crippen LogP contribution in [0.2, 0.25) is 0 Å². The molecule has 0 atom stereocenters. The lowest BCUT2D eigenvalue weighted by Crippen LogP contribution is -2.13. The molecule has 0 N–H and O–H groups in total. The number of rotatable bonds is 14. The number of hydrogen-bond acceptors (Lipinski definition) is 7. The largest absolute Gasteiger partial charge is 0.493 e. The Morgan fingerprint density at radius 2 is 1.18 bits per heavy atom. The zero-order valence-corrected chi connectivity index (χ0v) is 22.7. The van der Waals surface area contributed by atoms with Crippen molar-refractivity contribution in [1.82, 2.24) is 0 Å². The van der Waals surface area contributed by atoms with Crippen LogP contribution in [0.15, 0.2) is 91.0 Å². The maximum atomic E-state index is 12.1. The van der Waals surface area contributed by atoms with Gasteiger partial charge in [-0.1, -0.05) is 62.9 Å². The van der Waals surface area contributed by atoms with E-state index in [1.165, 1.54) is 14.2 Å². The van der Waals surface area contributed by atoms with Gasteiger partial charge in [0.25, 0.3) is 0 Å². The van der Waals surface area contributed by atoms with Gasteiger partial charge in [0.1, 0.15) is 17.2 Å². The van der Waals surface area contributed by atoms with Gasteiger partial charge in [0.2, 0.25) is 0 Å². The number of methoxy groups -OCH3 is 2. The van der Waals surface area contributed by atoms with E-state index in [0.29, 0.717) is 18.1 Å². The fourth-order valence-electron chi connectivity index (χ4n) is 3.63. The Balaban J connectivity index is 1.81. The fraction of sp³-hybridized carbons (Fsp3) is 0.250. The Kier molecular flexibility index (Phi) is 11.0. The molecule has 0 saturated carbocycles. The lowest BCUT2D eigenvalue weighted by Gasteiger charge is -2.15. The van der Waals surface area contributed by atoms with E-state index < -0.39 is 11.9 Å². The number of unbranched alkanes of at least 4 members (excludes halogenated alkanes) is 1. The van der Waals surface area contributed by atoms with Crippen LogP contribution in [0, 0.1) is 0 Å². The molecule has 0 aromatic heterocycles. The maximum Gasteiger partial charge on any atom is 0.341 e. The quantitative estimate of drug-likeness (QED) is 0.103. The first kappa shape index (κ1) is 29.4. The highest BCUT2D eigenvalue weighted by Gasteiger charge is 2.13. The minimum absolute atomic E-state index is 0.111. The molecule has 7 nitrogen and oxygen atoms in total. The molecule has 0 heterocycles. The summed E-state index contributed by atoms with van der Waals surface area (Å²) < 4.78 is 26.8. The number of benzene rings is 3. The SMILES string of the molecule is C=C(COC)C(=O)Oc1ccc(-c2ccc(-c3ccc(OC(=O)C(=C)COC)cc3)c(OCCCC)c2)cc1. The van der Waals surface area contributed by atoms with Crippen LogP contribution in [-0.4, -0.2) is 46.0 Å². The summed E-state index contributed by atoms with van der Waals surface area (Å²) in [5, 5.41) is 0. The molecule has 7 heteroatoms. The number of carbonyl (C=O) groups is 2. The first-order valence-electron chi connectivity index (χ1n) is 12.6. The van der Waals surface area contributed by atoms with E-state index >= 15 is 0 Å². The molecule has 0 aliphatic heterocycles. The molecular formula is C32H34O7. The zero-order chi connectivity index (χ0) is 28.2. The standard InChI is InChI=1S/C32H34O7/c1-6-7-18-37-30-19-26(24-8-13-27(14-9-24)38-31(33)22(2)20-35-4)12-17-29(30)25-10-15-28(16-11-25)39-32(34)23(3)21-36-5/h8-17,19H,2-3,6-7,18,20-21H2,1,4-5H3. The molecule has 0 spiro atoms. The second kappa shape index (κ2) is 14.7. The molecule has 0 saturated heterocycles. The topological polar surface area (TPSA) is 80.3 Å². The molecule has 3 aromatic carbocycles. The molecule has 0 amide bonds. The van der Waals surface area contributed by atoms with Crippen molar-refractivity contribution in [3.8, 4) is 39.5 Å². The summed E-state index contributed by atoms with van der Waals surface area (Å²) in [4.78, 5) is 24.2. The Morgan fingerprint density at radius 1 is 0.692 bits per heavy atom. The lowest BCUT2D eigenvalue weighted by atomic mass is 9.99. The maximum absolute atomic E-state index is 12.1. The van der Waals surface area contributed by atoms with E-state index in [1.807, 2.05) is 42.5 Å². The van der Waals surface area contributed by atoms with Gasteiger partial charge < -0.3 is 23.7 Å². The van der Waals surface area contributed by atoms with Gasteiger partial charge >= 0.3 is 11.9 Å². The predicted octanol–water partition coefficient (Wildman–Crippen LogP) is 6.42. The summed E-state index contributed by atoms with van der Waals surface area (Å²) in [5.41, 5.74) is 4.21. The summed E-state index contributed by atoms with van der Waals surface area (Å²) in [7, 11) is 2.99. The molecule has 0 fully saturated rings. The highest BCUT2D eigenvalue weighted by atomic mass is 16.5. The second-order valence-corrected chi connectivity index (χ2v) is 8.81. The monoisotopic (exact) mass is 530 g/mol. The van der Waals surface area contributed by atoms with Crippen LogP contribution in [0.5, 0.6) is 17.2 Å². The van der Waals surface area contributed by atoms with Crippen molar-refractivity contribution < 1.29 is 33.3 Å². The van der Waals surface area contributed by atoms with Gasteiger partial charge in [0.15, 0.2) is 0 Å². The van der Waals surface area contributed by atoms with Gasteiger partial charge in [-0.15, -0.1) is 0 Å². The van der Waals surface area contributed by atoms with Crippen LogP contribution in [0.3, 0.4) is 0 Å². The molecule has 0 bridgehead atoms. The molecule has 3 aromatic rings. The van der Waals surface area contributed by atoms with Gasteiger partial charge in [0, 0.05) is 19.8 Å². The predicted molar refractivity (Wildman–Crippen MR) is 151 cm³/mol. The summed E-state index contributed by atoms with van der Waals surface area (Å²) in [6.45, 7) is 10.3. The minimum atomic E-state index is -0.529. The Hall–Kier alpha value is -4.20. The van der Waals surface area contributed by atoms with E-state index in [-0.39, 0.29) is 24.4 Å².